The second-order valence-electron chi connectivity index (χ2n) is 10.7. The van der Waals surface area contributed by atoms with Crippen LogP contribution in [-0.4, -0.2) is 44.4 Å². The van der Waals surface area contributed by atoms with Gasteiger partial charge in [0.1, 0.15) is 12.2 Å². The lowest BCUT2D eigenvalue weighted by Gasteiger charge is -2.47. The fourth-order valence-electron chi connectivity index (χ4n) is 6.19. The van der Waals surface area contributed by atoms with Crippen LogP contribution in [0.4, 0.5) is 0 Å². The molecule has 0 radical (unpaired) electrons. The summed E-state index contributed by atoms with van der Waals surface area (Å²) in [4.78, 5) is 41.8. The number of carboxylic acid groups (broad SMARTS) is 1. The van der Waals surface area contributed by atoms with Gasteiger partial charge in [0.2, 0.25) is 5.43 Å². The van der Waals surface area contributed by atoms with Crippen molar-refractivity contribution in [2.75, 3.05) is 11.7 Å². The van der Waals surface area contributed by atoms with Crippen molar-refractivity contribution in [3.8, 4) is 5.75 Å². The molecule has 3 aromatic rings. The van der Waals surface area contributed by atoms with E-state index in [9.17, 15) is 24.6 Å². The van der Waals surface area contributed by atoms with Gasteiger partial charge in [-0.2, -0.15) is 0 Å². The van der Waals surface area contributed by atoms with Gasteiger partial charge in [0.05, 0.1) is 6.04 Å². The molecule has 0 bridgehead atoms. The molecule has 2 N–H and O–H groups in total. The maximum atomic E-state index is 14.0. The van der Waals surface area contributed by atoms with Gasteiger partial charge >= 0.3 is 5.97 Å². The Hall–Kier alpha value is -3.72. The predicted octanol–water partition coefficient (Wildman–Crippen LogP) is 4.19. The van der Waals surface area contributed by atoms with Crippen LogP contribution in [0, 0.1) is 11.8 Å². The number of benzene rings is 2. The van der Waals surface area contributed by atoms with Crippen molar-refractivity contribution >= 4 is 23.6 Å². The fourth-order valence-corrected chi connectivity index (χ4v) is 7.28. The number of hydrogen-bond acceptors (Lipinski definition) is 6. The van der Waals surface area contributed by atoms with Crippen molar-refractivity contribution in [2.45, 2.75) is 48.4 Å². The molecule has 4 aliphatic rings. The third kappa shape index (κ3) is 3.63. The van der Waals surface area contributed by atoms with Crippen LogP contribution < -0.4 is 10.4 Å². The van der Waals surface area contributed by atoms with E-state index in [0.29, 0.717) is 11.8 Å². The lowest BCUT2D eigenvalue weighted by molar-refractivity contribution is 0.0526. The second kappa shape index (κ2) is 8.66. The maximum Gasteiger partial charge on any atom is 0.341 e. The highest BCUT2D eigenvalue weighted by atomic mass is 32.2. The number of aromatic carboxylic acids is 1. The van der Waals surface area contributed by atoms with E-state index in [1.54, 1.807) is 11.8 Å². The van der Waals surface area contributed by atoms with Crippen molar-refractivity contribution in [2.24, 2.45) is 11.8 Å². The molecule has 1 amide bonds. The van der Waals surface area contributed by atoms with Crippen LogP contribution in [0.1, 0.15) is 69.3 Å². The molecular formula is C29H27N3O5S. The zero-order valence-electron chi connectivity index (χ0n) is 20.6. The number of carbonyl (C=O) groups is 2. The highest BCUT2D eigenvalue weighted by molar-refractivity contribution is 7.98. The Kier molecular flexibility index (Phi) is 5.33. The molecule has 2 aromatic carbocycles. The van der Waals surface area contributed by atoms with Crippen molar-refractivity contribution in [1.29, 1.82) is 0 Å². The van der Waals surface area contributed by atoms with E-state index in [4.69, 9.17) is 0 Å². The molecular weight excluding hydrogens is 502 g/mol. The number of aromatic nitrogens is 1. The van der Waals surface area contributed by atoms with E-state index in [0.717, 1.165) is 53.0 Å². The first kappa shape index (κ1) is 23.4. The van der Waals surface area contributed by atoms with E-state index >= 15 is 0 Å². The number of nitrogens with zero attached hydrogens (tertiary/aromatic N) is 3. The van der Waals surface area contributed by atoms with Crippen molar-refractivity contribution in [1.82, 2.24) is 9.58 Å². The number of aromatic hydroxyl groups is 1. The molecule has 7 rings (SSSR count). The van der Waals surface area contributed by atoms with Gasteiger partial charge in [0.25, 0.3) is 5.91 Å². The minimum atomic E-state index is -1.44. The quantitative estimate of drug-likeness (QED) is 0.511. The predicted molar refractivity (Wildman–Crippen MR) is 142 cm³/mol. The average Bonchev–Trinajstić information content (AvgIpc) is 3.82. The molecule has 1 aromatic heterocycles. The first-order valence-corrected chi connectivity index (χ1v) is 14.0. The van der Waals surface area contributed by atoms with Crippen LogP contribution in [0.3, 0.4) is 0 Å². The SMILES string of the molecule is O=C(O)c1cn2c(c(O)c1=O)C(=O)N(C(C1CC1)C1CC1)CN2C1c2ccccc2CSc2ccccc21. The summed E-state index contributed by atoms with van der Waals surface area (Å²) in [6.07, 6.45) is 5.46. The van der Waals surface area contributed by atoms with Gasteiger partial charge in [0, 0.05) is 22.9 Å². The van der Waals surface area contributed by atoms with E-state index < -0.39 is 28.6 Å². The lowest BCUT2D eigenvalue weighted by Crippen LogP contribution is -2.59. The molecule has 2 aliphatic carbocycles. The van der Waals surface area contributed by atoms with Gasteiger partial charge in [-0.3, -0.25) is 19.3 Å². The Morgan fingerprint density at radius 1 is 0.947 bits per heavy atom. The number of thioether (sulfide) groups is 1. The smallest absolute Gasteiger partial charge is 0.341 e. The number of carboxylic acids is 1. The van der Waals surface area contributed by atoms with Gasteiger partial charge < -0.3 is 15.1 Å². The summed E-state index contributed by atoms with van der Waals surface area (Å²) >= 11 is 1.74. The van der Waals surface area contributed by atoms with Crippen LogP contribution in [0.15, 0.2) is 64.4 Å². The van der Waals surface area contributed by atoms with E-state index in [1.807, 2.05) is 34.2 Å². The Balaban J connectivity index is 1.49. The summed E-state index contributed by atoms with van der Waals surface area (Å²) in [5.74, 6) is -1.06. The molecule has 2 saturated carbocycles. The number of carbonyl (C=O) groups excluding carboxylic acids is 1. The third-order valence-corrected chi connectivity index (χ3v) is 9.38. The minimum absolute atomic E-state index is 0.0399. The van der Waals surface area contributed by atoms with Crippen LogP contribution in [0.2, 0.25) is 0 Å². The number of hydrogen-bond donors (Lipinski definition) is 2. The summed E-state index contributed by atoms with van der Waals surface area (Å²) in [6, 6.07) is 16.0. The molecule has 9 heteroatoms. The van der Waals surface area contributed by atoms with Crippen molar-refractivity contribution < 1.29 is 19.8 Å². The summed E-state index contributed by atoms with van der Waals surface area (Å²) in [7, 11) is 0. The molecule has 8 nitrogen and oxygen atoms in total. The molecule has 1 atom stereocenters. The molecule has 38 heavy (non-hydrogen) atoms. The van der Waals surface area contributed by atoms with Crippen LogP contribution in [0.5, 0.6) is 5.75 Å². The largest absolute Gasteiger partial charge is 0.502 e. The van der Waals surface area contributed by atoms with Gasteiger partial charge in [-0.05, 0) is 60.3 Å². The standard InChI is InChI=1S/C29H27N3O5S/c33-26-21(29(36)37)13-31-25(27(26)34)28(35)30(23(16-9-10-16)17-11-12-17)15-32(31)24-19-6-2-1-5-18(19)14-38-22-8-4-3-7-20(22)24/h1-8,13,16-17,23-24,34H,9-12,14-15H2,(H,36,37). The zero-order chi connectivity index (χ0) is 26.1. The topological polar surface area (TPSA) is 103 Å². The van der Waals surface area contributed by atoms with E-state index in [-0.39, 0.29) is 24.4 Å². The molecule has 3 heterocycles. The van der Waals surface area contributed by atoms with Crippen molar-refractivity contribution in [3.63, 3.8) is 0 Å². The monoisotopic (exact) mass is 529 g/mol. The summed E-state index contributed by atoms with van der Waals surface area (Å²) < 4.78 is 1.43. The summed E-state index contributed by atoms with van der Waals surface area (Å²) in [6.45, 7) is 0.225. The Bertz CT molecular complexity index is 1480. The third-order valence-electron chi connectivity index (χ3n) is 8.25. The van der Waals surface area contributed by atoms with Crippen LogP contribution >= 0.6 is 11.8 Å². The maximum absolute atomic E-state index is 14.0. The summed E-state index contributed by atoms with van der Waals surface area (Å²) in [5, 5.41) is 22.8. The van der Waals surface area contributed by atoms with Crippen LogP contribution in [0.25, 0.3) is 0 Å². The molecule has 0 saturated heterocycles. The number of rotatable bonds is 5. The summed E-state index contributed by atoms with van der Waals surface area (Å²) in [5.41, 5.74) is 1.47. The van der Waals surface area contributed by atoms with Gasteiger partial charge in [-0.15, -0.1) is 11.8 Å². The van der Waals surface area contributed by atoms with Gasteiger partial charge in [0.15, 0.2) is 11.4 Å². The lowest BCUT2D eigenvalue weighted by atomic mass is 9.94. The van der Waals surface area contributed by atoms with Crippen molar-refractivity contribution in [3.05, 3.63) is 92.9 Å². The normalized spacial score (nSPS) is 20.6. The Morgan fingerprint density at radius 2 is 1.61 bits per heavy atom. The van der Waals surface area contributed by atoms with Gasteiger partial charge in [-0.25, -0.2) is 4.79 Å². The zero-order valence-corrected chi connectivity index (χ0v) is 21.4. The van der Waals surface area contributed by atoms with E-state index in [2.05, 4.69) is 24.3 Å². The molecule has 0 spiro atoms. The average molecular weight is 530 g/mol. The fraction of sp³-hybridized carbons (Fsp3) is 0.345. The molecule has 2 fully saturated rings. The Morgan fingerprint density at radius 3 is 2.29 bits per heavy atom. The van der Waals surface area contributed by atoms with Crippen LogP contribution in [-0.2, 0) is 5.75 Å². The minimum Gasteiger partial charge on any atom is -0.502 e. The highest BCUT2D eigenvalue weighted by Crippen LogP contribution is 2.49. The van der Waals surface area contributed by atoms with E-state index in [1.165, 1.54) is 10.9 Å². The van der Waals surface area contributed by atoms with Gasteiger partial charge in [-0.1, -0.05) is 42.5 Å². The number of fused-ring (bicyclic) bond motifs is 3. The molecule has 1 unspecified atom stereocenters. The Labute approximate surface area is 223 Å². The first-order valence-electron chi connectivity index (χ1n) is 13.0. The molecule has 2 aliphatic heterocycles. The highest BCUT2D eigenvalue weighted by Gasteiger charge is 2.50. The molecule has 194 valence electrons. The second-order valence-corrected chi connectivity index (χ2v) is 11.7. The number of amides is 1. The first-order chi connectivity index (χ1) is 18.4. The number of pyridine rings is 1.